The van der Waals surface area contributed by atoms with E-state index < -0.39 is 18.1 Å². The molecule has 0 radical (unpaired) electrons. The Balaban J connectivity index is 2.04. The molecule has 0 atom stereocenters. The predicted molar refractivity (Wildman–Crippen MR) is 70.0 cm³/mol. The number of nitrogens with zero attached hydrogens (tertiary/aromatic N) is 2. The first-order valence-corrected chi connectivity index (χ1v) is 7.12. The standard InChI is InChI=1S/C14H19F3N2O2/c1-3-21-13(20)12-8-19(18-9(12)2)11-6-4-10(5-7-11)14(15,16)17/h8,10-11H,3-7H2,1-2H3. The number of aromatic nitrogens is 2. The summed E-state index contributed by atoms with van der Waals surface area (Å²) >= 11 is 0. The lowest BCUT2D eigenvalue weighted by Crippen LogP contribution is -2.28. The molecule has 4 nitrogen and oxygen atoms in total. The van der Waals surface area contributed by atoms with Crippen molar-refractivity contribution >= 4 is 5.97 Å². The van der Waals surface area contributed by atoms with Crippen molar-refractivity contribution in [2.45, 2.75) is 51.7 Å². The quantitative estimate of drug-likeness (QED) is 0.800. The maximum atomic E-state index is 12.6. The molecule has 1 saturated carbocycles. The molecule has 0 saturated heterocycles. The number of carbonyl (C=O) groups excluding carboxylic acids is 1. The van der Waals surface area contributed by atoms with Gasteiger partial charge >= 0.3 is 12.1 Å². The smallest absolute Gasteiger partial charge is 0.391 e. The number of alkyl halides is 3. The Bertz CT molecular complexity index is 503. The molecule has 21 heavy (non-hydrogen) atoms. The van der Waals surface area contributed by atoms with E-state index in [2.05, 4.69) is 5.10 Å². The highest BCUT2D eigenvalue weighted by atomic mass is 19.4. The number of halogens is 3. The lowest BCUT2D eigenvalue weighted by Gasteiger charge is -2.29. The van der Waals surface area contributed by atoms with Crippen molar-refractivity contribution in [2.24, 2.45) is 5.92 Å². The molecule has 118 valence electrons. The number of aryl methyl sites for hydroxylation is 1. The monoisotopic (exact) mass is 304 g/mol. The summed E-state index contributed by atoms with van der Waals surface area (Å²) in [6, 6.07) is -0.0783. The molecule has 0 spiro atoms. The molecule has 7 heteroatoms. The third kappa shape index (κ3) is 3.57. The van der Waals surface area contributed by atoms with Gasteiger partial charge in [-0.3, -0.25) is 4.68 Å². The fourth-order valence-corrected chi connectivity index (χ4v) is 2.75. The summed E-state index contributed by atoms with van der Waals surface area (Å²) in [7, 11) is 0. The van der Waals surface area contributed by atoms with Gasteiger partial charge in [-0.05, 0) is 39.5 Å². The Kier molecular flexibility index (Phi) is 4.58. The highest BCUT2D eigenvalue weighted by Gasteiger charge is 2.41. The predicted octanol–water partition coefficient (Wildman–Crippen LogP) is 3.66. The van der Waals surface area contributed by atoms with E-state index in [0.29, 0.717) is 24.1 Å². The van der Waals surface area contributed by atoms with Crippen molar-refractivity contribution in [3.05, 3.63) is 17.5 Å². The summed E-state index contributed by atoms with van der Waals surface area (Å²) in [5, 5.41) is 4.26. The number of esters is 1. The van der Waals surface area contributed by atoms with Gasteiger partial charge < -0.3 is 4.74 Å². The maximum Gasteiger partial charge on any atom is 0.391 e. The Labute approximate surface area is 121 Å². The van der Waals surface area contributed by atoms with E-state index in [1.54, 1.807) is 24.7 Å². The third-order valence-electron chi connectivity index (χ3n) is 3.95. The van der Waals surface area contributed by atoms with Gasteiger partial charge in [0.15, 0.2) is 0 Å². The van der Waals surface area contributed by atoms with Crippen LogP contribution in [-0.4, -0.2) is 28.5 Å². The van der Waals surface area contributed by atoms with Crippen LogP contribution in [0.3, 0.4) is 0 Å². The zero-order valence-electron chi connectivity index (χ0n) is 12.1. The van der Waals surface area contributed by atoms with E-state index in [1.165, 1.54) is 0 Å². The first-order chi connectivity index (χ1) is 9.82. The fraction of sp³-hybridized carbons (Fsp3) is 0.714. The van der Waals surface area contributed by atoms with E-state index in [1.807, 2.05) is 0 Å². The van der Waals surface area contributed by atoms with Gasteiger partial charge in [0.2, 0.25) is 0 Å². The van der Waals surface area contributed by atoms with Crippen LogP contribution in [0.15, 0.2) is 6.20 Å². The van der Waals surface area contributed by atoms with E-state index in [0.717, 1.165) is 0 Å². The zero-order chi connectivity index (χ0) is 15.6. The second-order valence-electron chi connectivity index (χ2n) is 5.38. The Morgan fingerprint density at radius 3 is 2.52 bits per heavy atom. The highest BCUT2D eigenvalue weighted by Crippen LogP contribution is 2.41. The van der Waals surface area contributed by atoms with Crippen molar-refractivity contribution in [2.75, 3.05) is 6.61 Å². The van der Waals surface area contributed by atoms with E-state index in [9.17, 15) is 18.0 Å². The molecule has 0 bridgehead atoms. The molecule has 2 rings (SSSR count). The molecule has 1 aromatic heterocycles. The molecule has 1 aliphatic rings. The minimum Gasteiger partial charge on any atom is -0.462 e. The Hall–Kier alpha value is -1.53. The normalized spacial score (nSPS) is 23.1. The lowest BCUT2D eigenvalue weighted by molar-refractivity contribution is -0.183. The molecular weight excluding hydrogens is 285 g/mol. The lowest BCUT2D eigenvalue weighted by atomic mass is 9.86. The van der Waals surface area contributed by atoms with E-state index >= 15 is 0 Å². The van der Waals surface area contributed by atoms with Crippen LogP contribution in [0.25, 0.3) is 0 Å². The van der Waals surface area contributed by atoms with Gasteiger partial charge in [0.1, 0.15) is 5.56 Å². The second-order valence-corrected chi connectivity index (χ2v) is 5.38. The van der Waals surface area contributed by atoms with Crippen LogP contribution in [0.4, 0.5) is 13.2 Å². The third-order valence-corrected chi connectivity index (χ3v) is 3.95. The Morgan fingerprint density at radius 1 is 1.38 bits per heavy atom. The van der Waals surface area contributed by atoms with Gasteiger partial charge in [0, 0.05) is 6.20 Å². The van der Waals surface area contributed by atoms with Crippen molar-refractivity contribution in [3.8, 4) is 0 Å². The number of rotatable bonds is 3. The van der Waals surface area contributed by atoms with Gasteiger partial charge in [-0.15, -0.1) is 0 Å². The van der Waals surface area contributed by atoms with Gasteiger partial charge in [-0.25, -0.2) is 4.79 Å². The summed E-state index contributed by atoms with van der Waals surface area (Å²) in [5.74, 6) is -1.65. The number of hydrogen-bond donors (Lipinski definition) is 0. The molecule has 1 heterocycles. The van der Waals surface area contributed by atoms with Crippen LogP contribution in [0.2, 0.25) is 0 Å². The van der Waals surface area contributed by atoms with Gasteiger partial charge in [-0.1, -0.05) is 0 Å². The molecular formula is C14H19F3N2O2. The van der Waals surface area contributed by atoms with Crippen LogP contribution in [0.1, 0.15) is 54.7 Å². The van der Waals surface area contributed by atoms with E-state index in [-0.39, 0.29) is 25.5 Å². The summed E-state index contributed by atoms with van der Waals surface area (Å²) in [6.45, 7) is 3.69. The maximum absolute atomic E-state index is 12.6. The number of hydrogen-bond acceptors (Lipinski definition) is 3. The summed E-state index contributed by atoms with van der Waals surface area (Å²) in [6.07, 6.45) is -1.45. The van der Waals surface area contributed by atoms with Crippen molar-refractivity contribution in [1.29, 1.82) is 0 Å². The highest BCUT2D eigenvalue weighted by molar-refractivity contribution is 5.90. The molecule has 1 aliphatic carbocycles. The second kappa shape index (κ2) is 6.07. The van der Waals surface area contributed by atoms with Crippen molar-refractivity contribution in [3.63, 3.8) is 0 Å². The minimum atomic E-state index is -4.11. The Morgan fingerprint density at radius 2 is 2.00 bits per heavy atom. The van der Waals surface area contributed by atoms with Crippen molar-refractivity contribution in [1.82, 2.24) is 9.78 Å². The fourth-order valence-electron chi connectivity index (χ4n) is 2.75. The number of carbonyl (C=O) groups is 1. The first kappa shape index (κ1) is 15.9. The summed E-state index contributed by atoms with van der Waals surface area (Å²) in [5.41, 5.74) is 0.932. The molecule has 1 fully saturated rings. The zero-order valence-corrected chi connectivity index (χ0v) is 12.1. The topological polar surface area (TPSA) is 44.1 Å². The largest absolute Gasteiger partial charge is 0.462 e. The number of ether oxygens (including phenoxy) is 1. The van der Waals surface area contributed by atoms with Crippen LogP contribution in [-0.2, 0) is 4.74 Å². The SMILES string of the molecule is CCOC(=O)c1cn(C2CCC(C(F)(F)F)CC2)nc1C. The van der Waals surface area contributed by atoms with Crippen LogP contribution >= 0.6 is 0 Å². The van der Waals surface area contributed by atoms with Crippen LogP contribution < -0.4 is 0 Å². The molecule has 0 aliphatic heterocycles. The molecule has 0 aromatic carbocycles. The molecule has 0 N–H and O–H groups in total. The average molecular weight is 304 g/mol. The van der Waals surface area contributed by atoms with Gasteiger partial charge in [-0.2, -0.15) is 18.3 Å². The molecule has 0 amide bonds. The van der Waals surface area contributed by atoms with Crippen LogP contribution in [0.5, 0.6) is 0 Å². The van der Waals surface area contributed by atoms with E-state index in [4.69, 9.17) is 4.74 Å². The van der Waals surface area contributed by atoms with Gasteiger partial charge in [0.25, 0.3) is 0 Å². The minimum absolute atomic E-state index is 0.0783. The summed E-state index contributed by atoms with van der Waals surface area (Å²) in [4.78, 5) is 11.7. The van der Waals surface area contributed by atoms with Gasteiger partial charge in [0.05, 0.1) is 24.3 Å². The molecule has 0 unspecified atom stereocenters. The first-order valence-electron chi connectivity index (χ1n) is 7.12. The van der Waals surface area contributed by atoms with Crippen molar-refractivity contribution < 1.29 is 22.7 Å². The summed E-state index contributed by atoms with van der Waals surface area (Å²) < 4.78 is 44.5. The van der Waals surface area contributed by atoms with Crippen LogP contribution in [0, 0.1) is 12.8 Å². The average Bonchev–Trinajstić information content (AvgIpc) is 2.80. The molecule has 1 aromatic rings.